The Morgan fingerprint density at radius 3 is 2.96 bits per heavy atom. The van der Waals surface area contributed by atoms with Crippen LogP contribution in [0, 0.1) is 6.92 Å². The first-order chi connectivity index (χ1) is 13.6. The average molecular weight is 399 g/mol. The molecule has 0 bridgehead atoms. The number of benzene rings is 1. The number of amides is 1. The summed E-state index contributed by atoms with van der Waals surface area (Å²) in [5, 5.41) is 2.96. The Bertz CT molecular complexity index is 827. The number of aryl methyl sites for hydroxylation is 1. The second-order valence-electron chi connectivity index (χ2n) is 7.46. The van der Waals surface area contributed by atoms with Crippen LogP contribution in [0.4, 0.5) is 0 Å². The zero-order chi connectivity index (χ0) is 19.4. The van der Waals surface area contributed by atoms with Crippen LogP contribution in [0.3, 0.4) is 0 Å². The van der Waals surface area contributed by atoms with Gasteiger partial charge in [0.15, 0.2) is 0 Å². The van der Waals surface area contributed by atoms with Gasteiger partial charge in [-0.25, -0.2) is 4.98 Å². The van der Waals surface area contributed by atoms with E-state index in [-0.39, 0.29) is 17.6 Å². The van der Waals surface area contributed by atoms with E-state index in [0.29, 0.717) is 19.7 Å². The van der Waals surface area contributed by atoms with Gasteiger partial charge in [-0.3, -0.25) is 4.79 Å². The van der Waals surface area contributed by atoms with E-state index in [4.69, 9.17) is 9.47 Å². The average Bonchev–Trinajstić information content (AvgIpc) is 3.36. The summed E-state index contributed by atoms with van der Waals surface area (Å²) in [7, 11) is 0. The van der Waals surface area contributed by atoms with Gasteiger partial charge < -0.3 is 14.4 Å². The van der Waals surface area contributed by atoms with Crippen molar-refractivity contribution in [3.8, 4) is 0 Å². The fraction of sp³-hybridized carbons (Fsp3) is 0.455. The lowest BCUT2D eigenvalue weighted by atomic mass is 9.85. The van der Waals surface area contributed by atoms with Crippen LogP contribution in [-0.2, 0) is 20.9 Å². The molecule has 148 valence electrons. The van der Waals surface area contributed by atoms with Crippen molar-refractivity contribution in [3.63, 3.8) is 0 Å². The predicted octanol–water partition coefficient (Wildman–Crippen LogP) is 3.83. The van der Waals surface area contributed by atoms with Crippen molar-refractivity contribution in [2.24, 2.45) is 0 Å². The molecule has 4 rings (SSSR count). The number of thiazole rings is 1. The molecule has 0 aliphatic carbocycles. The summed E-state index contributed by atoms with van der Waals surface area (Å²) in [4.78, 5) is 19.0. The molecule has 2 aliphatic heterocycles. The van der Waals surface area contributed by atoms with Crippen LogP contribution in [0.2, 0.25) is 0 Å². The molecule has 0 N–H and O–H groups in total. The molecule has 0 unspecified atom stereocenters. The number of carbonyl (C=O) groups is 1. The van der Waals surface area contributed by atoms with Crippen molar-refractivity contribution in [2.45, 2.75) is 44.5 Å². The maximum atomic E-state index is 12.7. The Kier molecular flexibility index (Phi) is 5.90. The van der Waals surface area contributed by atoms with Crippen LogP contribution in [0.5, 0.6) is 0 Å². The van der Waals surface area contributed by atoms with Gasteiger partial charge in [-0.2, -0.15) is 0 Å². The number of hydrogen-bond acceptors (Lipinski definition) is 5. The van der Waals surface area contributed by atoms with E-state index in [0.717, 1.165) is 42.1 Å². The molecule has 2 saturated heterocycles. The molecule has 2 fully saturated rings. The van der Waals surface area contributed by atoms with E-state index in [2.05, 4.69) is 17.1 Å². The van der Waals surface area contributed by atoms with Gasteiger partial charge in [0.05, 0.1) is 22.9 Å². The monoisotopic (exact) mass is 398 g/mol. The number of ether oxygens (including phenoxy) is 2. The van der Waals surface area contributed by atoms with Crippen LogP contribution in [0.25, 0.3) is 6.08 Å². The van der Waals surface area contributed by atoms with Crippen LogP contribution in [0.15, 0.2) is 41.8 Å². The molecule has 2 atom stereocenters. The number of hydrogen-bond donors (Lipinski definition) is 0. The maximum absolute atomic E-state index is 12.7. The van der Waals surface area contributed by atoms with E-state index >= 15 is 0 Å². The quantitative estimate of drug-likeness (QED) is 0.719. The van der Waals surface area contributed by atoms with Crippen LogP contribution in [-0.4, -0.2) is 47.2 Å². The Labute approximate surface area is 170 Å². The normalized spacial score (nSPS) is 25.0. The van der Waals surface area contributed by atoms with Crippen molar-refractivity contribution < 1.29 is 14.3 Å². The molecular weight excluding hydrogens is 372 g/mol. The van der Waals surface area contributed by atoms with Crippen molar-refractivity contribution >= 4 is 23.3 Å². The van der Waals surface area contributed by atoms with E-state index in [1.807, 2.05) is 35.4 Å². The Morgan fingerprint density at radius 1 is 1.39 bits per heavy atom. The van der Waals surface area contributed by atoms with Crippen molar-refractivity contribution in [1.29, 1.82) is 0 Å². The molecule has 0 saturated carbocycles. The van der Waals surface area contributed by atoms with E-state index in [1.54, 1.807) is 23.5 Å². The third-order valence-electron chi connectivity index (χ3n) is 5.55. The second-order valence-corrected chi connectivity index (χ2v) is 8.52. The highest BCUT2D eigenvalue weighted by atomic mass is 32.1. The molecule has 2 aromatic rings. The third kappa shape index (κ3) is 4.35. The zero-order valence-corrected chi connectivity index (χ0v) is 17.0. The van der Waals surface area contributed by atoms with Crippen molar-refractivity contribution in [1.82, 2.24) is 9.88 Å². The molecule has 5 nitrogen and oxygen atoms in total. The van der Waals surface area contributed by atoms with Crippen molar-refractivity contribution in [3.05, 3.63) is 58.1 Å². The summed E-state index contributed by atoms with van der Waals surface area (Å²) in [6.07, 6.45) is 6.19. The van der Waals surface area contributed by atoms with Gasteiger partial charge in [0.25, 0.3) is 0 Å². The number of nitrogens with zero attached hydrogens (tertiary/aromatic N) is 2. The Morgan fingerprint density at radius 2 is 2.25 bits per heavy atom. The lowest BCUT2D eigenvalue weighted by Crippen LogP contribution is -2.57. The highest BCUT2D eigenvalue weighted by Gasteiger charge is 2.47. The summed E-state index contributed by atoms with van der Waals surface area (Å²) in [6, 6.07) is 10.2. The van der Waals surface area contributed by atoms with Gasteiger partial charge in [-0.15, -0.1) is 11.3 Å². The molecule has 6 heteroatoms. The second kappa shape index (κ2) is 8.55. The lowest BCUT2D eigenvalue weighted by Gasteiger charge is -2.44. The van der Waals surface area contributed by atoms with Gasteiger partial charge in [-0.05, 0) is 37.8 Å². The van der Waals surface area contributed by atoms with Gasteiger partial charge in [0.2, 0.25) is 5.91 Å². The first-order valence-corrected chi connectivity index (χ1v) is 10.7. The molecule has 1 amide bonds. The largest absolute Gasteiger partial charge is 0.372 e. The fourth-order valence-corrected chi connectivity index (χ4v) is 4.59. The standard InChI is InChI=1S/C22H26N2O3S/c1-17-23-19(16-28-17)8-9-21(25)24-12-11-22(10-5-13-27-22)20(14-24)26-15-18-6-3-2-4-7-18/h2-4,6-9,16,20H,5,10-15H2,1H3/b9-8+/t20-,22+/m0/s1. The number of piperidine rings is 1. The molecule has 28 heavy (non-hydrogen) atoms. The van der Waals surface area contributed by atoms with Crippen LogP contribution in [0.1, 0.15) is 35.5 Å². The zero-order valence-electron chi connectivity index (χ0n) is 16.2. The number of rotatable bonds is 5. The maximum Gasteiger partial charge on any atom is 0.246 e. The van der Waals surface area contributed by atoms with E-state index in [1.165, 1.54) is 0 Å². The number of likely N-dealkylation sites (tertiary alicyclic amines) is 1. The van der Waals surface area contributed by atoms with Crippen molar-refractivity contribution in [2.75, 3.05) is 19.7 Å². The summed E-state index contributed by atoms with van der Waals surface area (Å²) < 4.78 is 12.5. The topological polar surface area (TPSA) is 51.7 Å². The highest BCUT2D eigenvalue weighted by Crippen LogP contribution is 2.38. The van der Waals surface area contributed by atoms with E-state index in [9.17, 15) is 4.79 Å². The minimum absolute atomic E-state index is 0.00631. The molecule has 1 aromatic heterocycles. The summed E-state index contributed by atoms with van der Waals surface area (Å²) in [6.45, 7) is 4.54. The van der Waals surface area contributed by atoms with Crippen LogP contribution >= 0.6 is 11.3 Å². The first kappa shape index (κ1) is 19.3. The van der Waals surface area contributed by atoms with Crippen LogP contribution < -0.4 is 0 Å². The Balaban J connectivity index is 1.42. The predicted molar refractivity (Wildman–Crippen MR) is 110 cm³/mol. The van der Waals surface area contributed by atoms with Gasteiger partial charge >= 0.3 is 0 Å². The first-order valence-electron chi connectivity index (χ1n) is 9.83. The number of carbonyl (C=O) groups excluding carboxylic acids is 1. The van der Waals surface area contributed by atoms with E-state index < -0.39 is 0 Å². The summed E-state index contributed by atoms with van der Waals surface area (Å²) in [5.41, 5.74) is 1.72. The highest BCUT2D eigenvalue weighted by molar-refractivity contribution is 7.09. The fourth-order valence-electron chi connectivity index (χ4n) is 4.01. The van der Waals surface area contributed by atoms with Gasteiger partial charge in [-0.1, -0.05) is 30.3 Å². The molecular formula is C22H26N2O3S. The third-order valence-corrected chi connectivity index (χ3v) is 6.34. The smallest absolute Gasteiger partial charge is 0.246 e. The van der Waals surface area contributed by atoms with Gasteiger partial charge in [0.1, 0.15) is 6.10 Å². The molecule has 1 aromatic carbocycles. The lowest BCUT2D eigenvalue weighted by molar-refractivity contribution is -0.165. The summed E-state index contributed by atoms with van der Waals surface area (Å²) in [5.74, 6) is 0.00631. The molecule has 0 radical (unpaired) electrons. The molecule has 1 spiro atoms. The SMILES string of the molecule is Cc1nc(/C=C/C(=O)N2CC[C@]3(CCCO3)[C@@H](OCc3ccccc3)C2)cs1. The molecule has 3 heterocycles. The number of aromatic nitrogens is 1. The van der Waals surface area contributed by atoms with Gasteiger partial charge in [0, 0.05) is 31.2 Å². The Hall–Kier alpha value is -2.02. The minimum Gasteiger partial charge on any atom is -0.372 e. The summed E-state index contributed by atoms with van der Waals surface area (Å²) >= 11 is 1.59. The molecule has 2 aliphatic rings. The minimum atomic E-state index is -0.249.